The van der Waals surface area contributed by atoms with Gasteiger partial charge in [-0.05, 0) is 31.0 Å². The van der Waals surface area contributed by atoms with Crippen molar-refractivity contribution >= 4 is 23.2 Å². The summed E-state index contributed by atoms with van der Waals surface area (Å²) in [5.74, 6) is -1.23. The van der Waals surface area contributed by atoms with Crippen molar-refractivity contribution in [3.05, 3.63) is 24.0 Å². The third kappa shape index (κ3) is 2.65. The van der Waals surface area contributed by atoms with Crippen LogP contribution in [-0.2, 0) is 9.59 Å². The number of nitrogens with two attached hydrogens (primary N) is 1. The maximum atomic E-state index is 13.4. The highest BCUT2D eigenvalue weighted by Crippen LogP contribution is 2.33. The van der Waals surface area contributed by atoms with Crippen LogP contribution in [0.1, 0.15) is 19.8 Å². The lowest BCUT2D eigenvalue weighted by Crippen LogP contribution is -2.37. The molecule has 1 saturated carbocycles. The normalized spacial score (nSPS) is 15.9. The van der Waals surface area contributed by atoms with Gasteiger partial charge in [0.25, 0.3) is 0 Å². The van der Waals surface area contributed by atoms with Gasteiger partial charge in [-0.1, -0.05) is 0 Å². The summed E-state index contributed by atoms with van der Waals surface area (Å²) in [5, 5.41) is 4.95. The molecule has 0 unspecified atom stereocenters. The zero-order valence-electron chi connectivity index (χ0n) is 9.92. The molecule has 2 rings (SSSR count). The third-order valence-electron chi connectivity index (χ3n) is 2.78. The maximum absolute atomic E-state index is 13.4. The van der Waals surface area contributed by atoms with E-state index in [1.165, 1.54) is 25.1 Å². The Hall–Kier alpha value is -1.95. The summed E-state index contributed by atoms with van der Waals surface area (Å²) in [7, 11) is 0. The van der Waals surface area contributed by atoms with Crippen molar-refractivity contribution in [2.24, 2.45) is 5.73 Å². The standard InChI is InChI=1S/C12H14FN3O2/c1-7(17)15-10-6-8(2-3-9(10)13)16-11(18)12(14)4-5-12/h2-3,6H,4-5,14H2,1H3,(H,15,17)(H,16,18). The Morgan fingerprint density at radius 1 is 1.33 bits per heavy atom. The first kappa shape index (κ1) is 12.5. The van der Waals surface area contributed by atoms with Crippen molar-refractivity contribution in [1.29, 1.82) is 0 Å². The number of nitrogens with one attached hydrogen (secondary N) is 2. The third-order valence-corrected chi connectivity index (χ3v) is 2.78. The monoisotopic (exact) mass is 251 g/mol. The van der Waals surface area contributed by atoms with Crippen LogP contribution in [0.15, 0.2) is 18.2 Å². The van der Waals surface area contributed by atoms with Crippen molar-refractivity contribution in [1.82, 2.24) is 0 Å². The summed E-state index contributed by atoms with van der Waals surface area (Å²) in [6.45, 7) is 1.28. The van der Waals surface area contributed by atoms with Gasteiger partial charge in [0, 0.05) is 12.6 Å². The summed E-state index contributed by atoms with van der Waals surface area (Å²) < 4.78 is 13.4. The van der Waals surface area contributed by atoms with Crippen molar-refractivity contribution < 1.29 is 14.0 Å². The predicted molar refractivity (Wildman–Crippen MR) is 65.5 cm³/mol. The average Bonchev–Trinajstić information content (AvgIpc) is 3.02. The van der Waals surface area contributed by atoms with Gasteiger partial charge < -0.3 is 16.4 Å². The summed E-state index contributed by atoms with van der Waals surface area (Å²) >= 11 is 0. The van der Waals surface area contributed by atoms with Crippen LogP contribution >= 0.6 is 0 Å². The molecule has 0 radical (unpaired) electrons. The number of rotatable bonds is 3. The van der Waals surface area contributed by atoms with Crippen LogP contribution in [0.2, 0.25) is 0 Å². The van der Waals surface area contributed by atoms with Gasteiger partial charge in [0.1, 0.15) is 5.82 Å². The zero-order valence-corrected chi connectivity index (χ0v) is 9.92. The fourth-order valence-electron chi connectivity index (χ4n) is 1.51. The molecule has 5 nitrogen and oxygen atoms in total. The molecule has 0 spiro atoms. The zero-order chi connectivity index (χ0) is 13.3. The largest absolute Gasteiger partial charge is 0.324 e. The second-order valence-corrected chi connectivity index (χ2v) is 4.49. The first-order valence-electron chi connectivity index (χ1n) is 5.58. The number of carbonyl (C=O) groups is 2. The van der Waals surface area contributed by atoms with E-state index in [0.29, 0.717) is 18.5 Å². The fourth-order valence-corrected chi connectivity index (χ4v) is 1.51. The molecule has 0 aromatic heterocycles. The molecule has 1 aliphatic carbocycles. The van der Waals surface area contributed by atoms with Gasteiger partial charge in [0.2, 0.25) is 11.8 Å². The molecule has 1 aromatic rings. The summed E-state index contributed by atoms with van der Waals surface area (Å²) in [5.41, 5.74) is 5.38. The van der Waals surface area contributed by atoms with Gasteiger partial charge in [-0.2, -0.15) is 0 Å². The van der Waals surface area contributed by atoms with E-state index in [-0.39, 0.29) is 17.5 Å². The molecule has 0 atom stereocenters. The highest BCUT2D eigenvalue weighted by atomic mass is 19.1. The van der Waals surface area contributed by atoms with E-state index in [1.807, 2.05) is 0 Å². The number of hydrogen-bond acceptors (Lipinski definition) is 3. The lowest BCUT2D eigenvalue weighted by atomic mass is 10.2. The Bertz CT molecular complexity index is 512. The van der Waals surface area contributed by atoms with E-state index in [2.05, 4.69) is 10.6 Å². The molecule has 4 N–H and O–H groups in total. The Morgan fingerprint density at radius 2 is 2.00 bits per heavy atom. The van der Waals surface area contributed by atoms with E-state index in [9.17, 15) is 14.0 Å². The van der Waals surface area contributed by atoms with Gasteiger partial charge in [-0.15, -0.1) is 0 Å². The molecule has 1 aromatic carbocycles. The molecule has 6 heteroatoms. The summed E-state index contributed by atoms with van der Waals surface area (Å²) in [6.07, 6.45) is 1.30. The SMILES string of the molecule is CC(=O)Nc1cc(NC(=O)C2(N)CC2)ccc1F. The van der Waals surface area contributed by atoms with Gasteiger partial charge >= 0.3 is 0 Å². The van der Waals surface area contributed by atoms with Gasteiger partial charge in [-0.25, -0.2) is 4.39 Å². The van der Waals surface area contributed by atoms with Crippen molar-refractivity contribution in [3.63, 3.8) is 0 Å². The number of halogens is 1. The topological polar surface area (TPSA) is 84.2 Å². The average molecular weight is 251 g/mol. The summed E-state index contributed by atoms with van der Waals surface area (Å²) in [4.78, 5) is 22.6. The molecule has 2 amide bonds. The van der Waals surface area contributed by atoms with E-state index < -0.39 is 11.4 Å². The lowest BCUT2D eigenvalue weighted by molar-refractivity contribution is -0.118. The lowest BCUT2D eigenvalue weighted by Gasteiger charge is -2.11. The number of carbonyl (C=O) groups excluding carboxylic acids is 2. The van der Waals surface area contributed by atoms with Gasteiger partial charge in [0.15, 0.2) is 0 Å². The number of benzene rings is 1. The van der Waals surface area contributed by atoms with Crippen LogP contribution in [0.3, 0.4) is 0 Å². The molecule has 0 bridgehead atoms. The quantitative estimate of drug-likeness (QED) is 0.755. The number of hydrogen-bond donors (Lipinski definition) is 3. The van der Waals surface area contributed by atoms with Gasteiger partial charge in [-0.3, -0.25) is 9.59 Å². The second-order valence-electron chi connectivity index (χ2n) is 4.49. The van der Waals surface area contributed by atoms with E-state index in [0.717, 1.165) is 0 Å². The van der Waals surface area contributed by atoms with Crippen molar-refractivity contribution in [2.45, 2.75) is 25.3 Å². The molecule has 0 heterocycles. The molecule has 0 saturated heterocycles. The minimum Gasteiger partial charge on any atom is -0.324 e. The molecule has 0 aliphatic heterocycles. The van der Waals surface area contributed by atoms with Crippen LogP contribution in [0.5, 0.6) is 0 Å². The van der Waals surface area contributed by atoms with Crippen molar-refractivity contribution in [2.75, 3.05) is 10.6 Å². The highest BCUT2D eigenvalue weighted by Gasteiger charge is 2.45. The van der Waals surface area contributed by atoms with E-state index in [1.54, 1.807) is 0 Å². The smallest absolute Gasteiger partial charge is 0.244 e. The minimum absolute atomic E-state index is 0.0298. The Balaban J connectivity index is 2.14. The Kier molecular flexibility index (Phi) is 3.04. The first-order valence-corrected chi connectivity index (χ1v) is 5.58. The van der Waals surface area contributed by atoms with E-state index >= 15 is 0 Å². The Morgan fingerprint density at radius 3 is 2.56 bits per heavy atom. The van der Waals surface area contributed by atoms with Crippen LogP contribution in [-0.4, -0.2) is 17.4 Å². The maximum Gasteiger partial charge on any atom is 0.244 e. The number of amides is 2. The number of anilines is 2. The Labute approximate surface area is 104 Å². The van der Waals surface area contributed by atoms with Crippen molar-refractivity contribution in [3.8, 4) is 0 Å². The van der Waals surface area contributed by atoms with E-state index in [4.69, 9.17) is 5.73 Å². The fraction of sp³-hybridized carbons (Fsp3) is 0.333. The van der Waals surface area contributed by atoms with Crippen LogP contribution in [0.25, 0.3) is 0 Å². The van der Waals surface area contributed by atoms with Gasteiger partial charge in [0.05, 0.1) is 11.2 Å². The molecular weight excluding hydrogens is 237 g/mol. The van der Waals surface area contributed by atoms with Crippen LogP contribution in [0.4, 0.5) is 15.8 Å². The second kappa shape index (κ2) is 4.38. The summed E-state index contributed by atoms with van der Waals surface area (Å²) in [6, 6.07) is 3.96. The molecule has 96 valence electrons. The molecule has 1 aliphatic rings. The van der Waals surface area contributed by atoms with Crippen LogP contribution in [0, 0.1) is 5.82 Å². The molecule has 18 heavy (non-hydrogen) atoms. The molecule has 1 fully saturated rings. The van der Waals surface area contributed by atoms with Crippen LogP contribution < -0.4 is 16.4 Å². The first-order chi connectivity index (χ1) is 8.40. The predicted octanol–water partition coefficient (Wildman–Crippen LogP) is 1.21. The molecular formula is C12H14FN3O2. The highest BCUT2D eigenvalue weighted by molar-refractivity contribution is 6.00. The minimum atomic E-state index is -0.789.